The van der Waals surface area contributed by atoms with Crippen molar-refractivity contribution in [2.45, 2.75) is 13.8 Å². The van der Waals surface area contributed by atoms with Crippen LogP contribution in [0.2, 0.25) is 0 Å². The summed E-state index contributed by atoms with van der Waals surface area (Å²) >= 11 is 0. The van der Waals surface area contributed by atoms with E-state index < -0.39 is 0 Å². The van der Waals surface area contributed by atoms with Gasteiger partial charge in [0.2, 0.25) is 5.88 Å². The minimum absolute atomic E-state index is 0.143. The highest BCUT2D eigenvalue weighted by molar-refractivity contribution is 6.05. The Bertz CT molecular complexity index is 1140. The molecule has 4 rings (SSSR count). The Kier molecular flexibility index (Phi) is 5.03. The molecular formula is C22H19N5O2. The largest absolute Gasteiger partial charge is 0.439 e. The van der Waals surface area contributed by atoms with Crippen molar-refractivity contribution >= 4 is 11.6 Å². The lowest BCUT2D eigenvalue weighted by molar-refractivity contribution is 0.102. The first-order chi connectivity index (χ1) is 14.1. The number of aromatic nitrogens is 4. The van der Waals surface area contributed by atoms with Gasteiger partial charge in [-0.3, -0.25) is 4.79 Å². The maximum absolute atomic E-state index is 12.5. The van der Waals surface area contributed by atoms with Crippen LogP contribution in [0.4, 0.5) is 5.69 Å². The Morgan fingerprint density at radius 2 is 1.86 bits per heavy atom. The van der Waals surface area contributed by atoms with E-state index in [4.69, 9.17) is 4.74 Å². The zero-order chi connectivity index (χ0) is 20.2. The van der Waals surface area contributed by atoms with Crippen LogP contribution in [0, 0.1) is 13.8 Å². The molecule has 1 N–H and O–H groups in total. The van der Waals surface area contributed by atoms with Crippen LogP contribution in [-0.4, -0.2) is 25.7 Å². The van der Waals surface area contributed by atoms with Gasteiger partial charge in [-0.15, -0.1) is 0 Å². The molecular weight excluding hydrogens is 366 g/mol. The predicted octanol–water partition coefficient (Wildman–Crippen LogP) is 4.32. The lowest BCUT2D eigenvalue weighted by Gasteiger charge is -2.10. The van der Waals surface area contributed by atoms with Crippen LogP contribution in [0.3, 0.4) is 0 Å². The van der Waals surface area contributed by atoms with E-state index in [9.17, 15) is 4.79 Å². The number of ether oxygens (including phenoxy) is 1. The molecule has 7 heteroatoms. The molecule has 144 valence electrons. The summed E-state index contributed by atoms with van der Waals surface area (Å²) in [6, 6.07) is 16.4. The Labute approximate surface area is 168 Å². The van der Waals surface area contributed by atoms with Gasteiger partial charge in [0.25, 0.3) is 5.91 Å². The second kappa shape index (κ2) is 7.93. The predicted molar refractivity (Wildman–Crippen MR) is 110 cm³/mol. The number of anilines is 1. The summed E-state index contributed by atoms with van der Waals surface area (Å²) in [5.41, 5.74) is 3.41. The second-order valence-corrected chi connectivity index (χ2v) is 6.56. The van der Waals surface area contributed by atoms with Crippen LogP contribution >= 0.6 is 0 Å². The average molecular weight is 385 g/mol. The lowest BCUT2D eigenvalue weighted by Crippen LogP contribution is -2.13. The van der Waals surface area contributed by atoms with Crippen LogP contribution in [-0.2, 0) is 0 Å². The van der Waals surface area contributed by atoms with Crippen molar-refractivity contribution in [3.8, 4) is 17.4 Å². The number of carbonyl (C=O) groups excluding carboxylic acids is 1. The monoisotopic (exact) mass is 385 g/mol. The van der Waals surface area contributed by atoms with E-state index in [-0.39, 0.29) is 5.91 Å². The quantitative estimate of drug-likeness (QED) is 0.553. The number of rotatable bonds is 5. The third-order valence-corrected chi connectivity index (χ3v) is 4.33. The third-order valence-electron chi connectivity index (χ3n) is 4.33. The Morgan fingerprint density at radius 1 is 1.03 bits per heavy atom. The minimum atomic E-state index is -0.143. The summed E-state index contributed by atoms with van der Waals surface area (Å²) in [5, 5.41) is 7.05. The molecule has 0 aliphatic carbocycles. The topological polar surface area (TPSA) is 81.9 Å². The molecule has 7 nitrogen and oxygen atoms in total. The summed E-state index contributed by atoms with van der Waals surface area (Å²) in [6.07, 6.45) is 4.89. The van der Waals surface area contributed by atoms with Crippen LogP contribution in [0.1, 0.15) is 21.5 Å². The average Bonchev–Trinajstić information content (AvgIpc) is 3.24. The molecule has 2 heterocycles. The number of benzene rings is 2. The van der Waals surface area contributed by atoms with Crippen molar-refractivity contribution in [1.82, 2.24) is 19.7 Å². The van der Waals surface area contributed by atoms with Gasteiger partial charge < -0.3 is 10.1 Å². The van der Waals surface area contributed by atoms with Gasteiger partial charge in [-0.05, 0) is 55.8 Å². The highest BCUT2D eigenvalue weighted by Gasteiger charge is 2.10. The standard InChI is InChI=1S/C22H19N5O2/c1-15-4-9-19(16(2)12-15)22(28)26-17-5-7-18(8-6-17)29-21-13-20(23-14-24-21)27-11-3-10-25-27/h3-14H,1-2H3,(H,26,28). The number of aryl methyl sites for hydroxylation is 2. The van der Waals surface area contributed by atoms with Crippen LogP contribution in [0.25, 0.3) is 5.82 Å². The molecule has 29 heavy (non-hydrogen) atoms. The summed E-state index contributed by atoms with van der Waals surface area (Å²) in [7, 11) is 0. The van der Waals surface area contributed by atoms with E-state index in [1.807, 2.05) is 38.1 Å². The van der Waals surface area contributed by atoms with Crippen molar-refractivity contribution in [1.29, 1.82) is 0 Å². The molecule has 0 spiro atoms. The third kappa shape index (κ3) is 4.30. The van der Waals surface area contributed by atoms with Gasteiger partial charge in [-0.25, -0.2) is 14.6 Å². The molecule has 0 fully saturated rings. The highest BCUT2D eigenvalue weighted by atomic mass is 16.5. The maximum Gasteiger partial charge on any atom is 0.255 e. The van der Waals surface area contributed by atoms with Gasteiger partial charge in [0.15, 0.2) is 5.82 Å². The van der Waals surface area contributed by atoms with E-state index in [0.29, 0.717) is 28.7 Å². The van der Waals surface area contributed by atoms with Gasteiger partial charge >= 0.3 is 0 Å². The molecule has 2 aromatic carbocycles. The van der Waals surface area contributed by atoms with Crippen molar-refractivity contribution in [3.63, 3.8) is 0 Å². The number of hydrogen-bond acceptors (Lipinski definition) is 5. The van der Waals surface area contributed by atoms with E-state index >= 15 is 0 Å². The first-order valence-electron chi connectivity index (χ1n) is 9.07. The Hall–Kier alpha value is -4.00. The number of nitrogens with zero attached hydrogens (tertiary/aromatic N) is 4. The van der Waals surface area contributed by atoms with E-state index in [1.165, 1.54) is 6.33 Å². The fraction of sp³-hybridized carbons (Fsp3) is 0.0909. The lowest BCUT2D eigenvalue weighted by atomic mass is 10.1. The first-order valence-corrected chi connectivity index (χ1v) is 9.07. The van der Waals surface area contributed by atoms with Crippen LogP contribution < -0.4 is 10.1 Å². The smallest absolute Gasteiger partial charge is 0.255 e. The molecule has 1 amide bonds. The van der Waals surface area contributed by atoms with Crippen molar-refractivity contribution in [2.75, 3.05) is 5.32 Å². The SMILES string of the molecule is Cc1ccc(C(=O)Nc2ccc(Oc3cc(-n4cccn4)ncn3)cc2)c(C)c1. The normalized spacial score (nSPS) is 10.6. The number of amides is 1. The van der Waals surface area contributed by atoms with Crippen molar-refractivity contribution in [2.24, 2.45) is 0 Å². The van der Waals surface area contributed by atoms with Gasteiger partial charge in [-0.2, -0.15) is 5.10 Å². The summed E-state index contributed by atoms with van der Waals surface area (Å²) in [5.74, 6) is 1.46. The molecule has 4 aromatic rings. The molecule has 0 aliphatic rings. The Morgan fingerprint density at radius 3 is 2.59 bits per heavy atom. The fourth-order valence-corrected chi connectivity index (χ4v) is 2.91. The van der Waals surface area contributed by atoms with Crippen molar-refractivity contribution < 1.29 is 9.53 Å². The molecule has 0 radical (unpaired) electrons. The molecule has 0 bridgehead atoms. The Balaban J connectivity index is 1.44. The van der Waals surface area contributed by atoms with Gasteiger partial charge in [-0.1, -0.05) is 17.7 Å². The second-order valence-electron chi connectivity index (χ2n) is 6.56. The molecule has 0 atom stereocenters. The van der Waals surface area contributed by atoms with Crippen LogP contribution in [0.15, 0.2) is 73.3 Å². The molecule has 0 saturated carbocycles. The zero-order valence-corrected chi connectivity index (χ0v) is 16.0. The minimum Gasteiger partial charge on any atom is -0.439 e. The maximum atomic E-state index is 12.5. The summed E-state index contributed by atoms with van der Waals surface area (Å²) < 4.78 is 7.41. The fourth-order valence-electron chi connectivity index (χ4n) is 2.91. The summed E-state index contributed by atoms with van der Waals surface area (Å²) in [4.78, 5) is 20.8. The van der Waals surface area contributed by atoms with Crippen LogP contribution in [0.5, 0.6) is 11.6 Å². The zero-order valence-electron chi connectivity index (χ0n) is 16.0. The number of carbonyl (C=O) groups is 1. The number of nitrogens with one attached hydrogen (secondary N) is 1. The van der Waals surface area contributed by atoms with E-state index in [2.05, 4.69) is 20.4 Å². The molecule has 0 saturated heterocycles. The van der Waals surface area contributed by atoms with Crippen molar-refractivity contribution in [3.05, 3.63) is 90.0 Å². The van der Waals surface area contributed by atoms with Gasteiger partial charge in [0.05, 0.1) is 0 Å². The first kappa shape index (κ1) is 18.4. The highest BCUT2D eigenvalue weighted by Crippen LogP contribution is 2.23. The summed E-state index contributed by atoms with van der Waals surface area (Å²) in [6.45, 7) is 3.93. The van der Waals surface area contributed by atoms with E-state index in [0.717, 1.165) is 11.1 Å². The van der Waals surface area contributed by atoms with E-state index in [1.54, 1.807) is 47.4 Å². The number of hydrogen-bond donors (Lipinski definition) is 1. The van der Waals surface area contributed by atoms with Gasteiger partial charge in [0, 0.05) is 29.7 Å². The molecule has 0 unspecified atom stereocenters. The van der Waals surface area contributed by atoms with Gasteiger partial charge in [0.1, 0.15) is 12.1 Å². The molecule has 0 aliphatic heterocycles. The molecule has 2 aromatic heterocycles.